The molecule has 5 heteroatoms. The lowest BCUT2D eigenvalue weighted by Crippen LogP contribution is -2.37. The van der Waals surface area contributed by atoms with Gasteiger partial charge in [0.1, 0.15) is 0 Å². The third-order valence-corrected chi connectivity index (χ3v) is 3.82. The summed E-state index contributed by atoms with van der Waals surface area (Å²) in [5.41, 5.74) is 8.51. The maximum absolute atomic E-state index is 5.89. The zero-order valence-electron chi connectivity index (χ0n) is 13.6. The Labute approximate surface area is 133 Å². The average molecular weight is 304 g/mol. The molecular weight excluding hydrogens is 276 g/mol. The van der Waals surface area contributed by atoms with Gasteiger partial charge < -0.3 is 15.8 Å². The van der Waals surface area contributed by atoms with E-state index in [9.17, 15) is 0 Å². The van der Waals surface area contributed by atoms with Gasteiger partial charge in [0.2, 0.25) is 0 Å². The molecule has 0 bridgehead atoms. The van der Waals surface area contributed by atoms with Crippen LogP contribution < -0.4 is 11.1 Å². The predicted molar refractivity (Wildman–Crippen MR) is 91.3 cm³/mol. The molecule has 0 aliphatic carbocycles. The standard InChI is InChI=1S/C17H28N4O/c1-15-4-2-5-16(14-15)6-8-20-17(18)19-7-3-9-21-10-12-22-13-11-21/h2,4-5,14H,3,6-13H2,1H3,(H3,18,19,20). The van der Waals surface area contributed by atoms with Crippen molar-refractivity contribution in [3.63, 3.8) is 0 Å². The van der Waals surface area contributed by atoms with E-state index in [-0.39, 0.29) is 0 Å². The topological polar surface area (TPSA) is 62.9 Å². The number of aliphatic imine (C=N–C) groups is 1. The fourth-order valence-electron chi connectivity index (χ4n) is 2.58. The average Bonchev–Trinajstić information content (AvgIpc) is 2.53. The van der Waals surface area contributed by atoms with E-state index in [0.29, 0.717) is 5.96 Å². The van der Waals surface area contributed by atoms with Gasteiger partial charge in [0, 0.05) is 32.7 Å². The molecule has 122 valence electrons. The number of hydrogen-bond donors (Lipinski definition) is 2. The van der Waals surface area contributed by atoms with E-state index >= 15 is 0 Å². The number of benzene rings is 1. The van der Waals surface area contributed by atoms with Crippen molar-refractivity contribution in [1.29, 1.82) is 0 Å². The van der Waals surface area contributed by atoms with Crippen LogP contribution >= 0.6 is 0 Å². The van der Waals surface area contributed by atoms with E-state index in [2.05, 4.69) is 46.4 Å². The Hall–Kier alpha value is -1.59. The van der Waals surface area contributed by atoms with E-state index in [1.165, 1.54) is 11.1 Å². The fourth-order valence-corrected chi connectivity index (χ4v) is 2.58. The van der Waals surface area contributed by atoms with Crippen LogP contribution in [0, 0.1) is 6.92 Å². The van der Waals surface area contributed by atoms with Gasteiger partial charge in [0.25, 0.3) is 0 Å². The first kappa shape index (κ1) is 16.8. The van der Waals surface area contributed by atoms with Gasteiger partial charge in [-0.3, -0.25) is 9.89 Å². The Morgan fingerprint density at radius 1 is 1.36 bits per heavy atom. The summed E-state index contributed by atoms with van der Waals surface area (Å²) in [7, 11) is 0. The van der Waals surface area contributed by atoms with Crippen molar-refractivity contribution >= 4 is 5.96 Å². The number of hydrogen-bond acceptors (Lipinski definition) is 3. The van der Waals surface area contributed by atoms with Crippen LogP contribution in [0.15, 0.2) is 29.3 Å². The number of nitrogens with two attached hydrogens (primary N) is 1. The van der Waals surface area contributed by atoms with E-state index in [1.54, 1.807) is 0 Å². The molecule has 1 saturated heterocycles. The number of guanidine groups is 1. The predicted octanol–water partition coefficient (Wildman–Crippen LogP) is 1.16. The normalized spacial score (nSPS) is 16.7. The second kappa shape index (κ2) is 9.43. The molecule has 0 radical (unpaired) electrons. The molecule has 1 aliphatic rings. The number of aryl methyl sites for hydroxylation is 1. The molecule has 0 unspecified atom stereocenters. The summed E-state index contributed by atoms with van der Waals surface area (Å²) in [5.74, 6) is 0.551. The van der Waals surface area contributed by atoms with Crippen molar-refractivity contribution in [3.8, 4) is 0 Å². The zero-order chi connectivity index (χ0) is 15.6. The maximum Gasteiger partial charge on any atom is 0.188 e. The van der Waals surface area contributed by atoms with Gasteiger partial charge in [-0.1, -0.05) is 29.8 Å². The summed E-state index contributed by atoms with van der Waals surface area (Å²) in [4.78, 5) is 6.80. The highest BCUT2D eigenvalue weighted by Gasteiger charge is 2.08. The van der Waals surface area contributed by atoms with Crippen molar-refractivity contribution in [2.24, 2.45) is 10.7 Å². The summed E-state index contributed by atoms with van der Waals surface area (Å²) in [6.45, 7) is 8.56. The molecule has 0 atom stereocenters. The van der Waals surface area contributed by atoms with E-state index in [1.807, 2.05) is 0 Å². The van der Waals surface area contributed by atoms with Crippen molar-refractivity contribution in [2.45, 2.75) is 19.8 Å². The quantitative estimate of drug-likeness (QED) is 0.451. The first-order chi connectivity index (χ1) is 10.7. The van der Waals surface area contributed by atoms with Gasteiger partial charge in [0.15, 0.2) is 5.96 Å². The summed E-state index contributed by atoms with van der Waals surface area (Å²) < 4.78 is 5.33. The van der Waals surface area contributed by atoms with Gasteiger partial charge in [-0.2, -0.15) is 0 Å². The molecule has 2 rings (SSSR count). The highest BCUT2D eigenvalue weighted by Crippen LogP contribution is 2.03. The molecule has 22 heavy (non-hydrogen) atoms. The molecular formula is C17H28N4O. The number of rotatable bonds is 7. The molecule has 1 aromatic carbocycles. The maximum atomic E-state index is 5.89. The van der Waals surface area contributed by atoms with Crippen LogP contribution in [0.1, 0.15) is 17.5 Å². The molecule has 0 amide bonds. The lowest BCUT2D eigenvalue weighted by atomic mass is 10.1. The van der Waals surface area contributed by atoms with Crippen LogP contribution in [0.25, 0.3) is 0 Å². The Morgan fingerprint density at radius 3 is 2.95 bits per heavy atom. The molecule has 0 aromatic heterocycles. The Bertz CT molecular complexity index is 469. The first-order valence-corrected chi connectivity index (χ1v) is 8.13. The van der Waals surface area contributed by atoms with Crippen molar-refractivity contribution in [2.75, 3.05) is 45.9 Å². The van der Waals surface area contributed by atoms with Gasteiger partial charge >= 0.3 is 0 Å². The van der Waals surface area contributed by atoms with Crippen LogP contribution in [-0.4, -0.2) is 56.8 Å². The van der Waals surface area contributed by atoms with Crippen LogP contribution in [-0.2, 0) is 11.2 Å². The number of morpholine rings is 1. The van der Waals surface area contributed by atoms with Crippen molar-refractivity contribution in [3.05, 3.63) is 35.4 Å². The third-order valence-electron chi connectivity index (χ3n) is 3.82. The van der Waals surface area contributed by atoms with E-state index in [4.69, 9.17) is 10.5 Å². The van der Waals surface area contributed by atoms with Crippen molar-refractivity contribution < 1.29 is 4.74 Å². The minimum atomic E-state index is 0.551. The smallest absolute Gasteiger partial charge is 0.188 e. The Balaban J connectivity index is 1.57. The second-order valence-electron chi connectivity index (χ2n) is 5.74. The lowest BCUT2D eigenvalue weighted by molar-refractivity contribution is 0.0377. The van der Waals surface area contributed by atoms with E-state index in [0.717, 1.165) is 58.8 Å². The fraction of sp³-hybridized carbons (Fsp3) is 0.588. The molecule has 3 N–H and O–H groups in total. The molecule has 1 aromatic rings. The van der Waals surface area contributed by atoms with Crippen LogP contribution in [0.4, 0.5) is 0 Å². The number of nitrogens with zero attached hydrogens (tertiary/aromatic N) is 2. The highest BCUT2D eigenvalue weighted by molar-refractivity contribution is 5.77. The first-order valence-electron chi connectivity index (χ1n) is 8.13. The zero-order valence-corrected chi connectivity index (χ0v) is 13.6. The molecule has 1 heterocycles. The van der Waals surface area contributed by atoms with Crippen molar-refractivity contribution in [1.82, 2.24) is 10.2 Å². The monoisotopic (exact) mass is 304 g/mol. The van der Waals surface area contributed by atoms with E-state index < -0.39 is 0 Å². The molecule has 0 spiro atoms. The van der Waals surface area contributed by atoms with Crippen LogP contribution in [0.5, 0.6) is 0 Å². The summed E-state index contributed by atoms with van der Waals surface area (Å²) in [5, 5.41) is 3.18. The Kier molecular flexibility index (Phi) is 7.19. The number of nitrogens with one attached hydrogen (secondary N) is 1. The lowest BCUT2D eigenvalue weighted by Gasteiger charge is -2.26. The van der Waals surface area contributed by atoms with Crippen LogP contribution in [0.3, 0.4) is 0 Å². The second-order valence-corrected chi connectivity index (χ2v) is 5.74. The van der Waals surface area contributed by atoms with Gasteiger partial charge in [0.05, 0.1) is 13.2 Å². The summed E-state index contributed by atoms with van der Waals surface area (Å²) in [6, 6.07) is 8.55. The van der Waals surface area contributed by atoms with Crippen LogP contribution in [0.2, 0.25) is 0 Å². The minimum Gasteiger partial charge on any atom is -0.379 e. The van der Waals surface area contributed by atoms with Gasteiger partial charge in [-0.05, 0) is 25.3 Å². The molecule has 1 aliphatic heterocycles. The minimum absolute atomic E-state index is 0.551. The van der Waals surface area contributed by atoms with Gasteiger partial charge in [-0.25, -0.2) is 0 Å². The summed E-state index contributed by atoms with van der Waals surface area (Å²) >= 11 is 0. The SMILES string of the molecule is Cc1cccc(CCNC(N)=NCCCN2CCOCC2)c1. The largest absolute Gasteiger partial charge is 0.379 e. The van der Waals surface area contributed by atoms with Gasteiger partial charge in [-0.15, -0.1) is 0 Å². The Morgan fingerprint density at radius 2 is 2.18 bits per heavy atom. The third kappa shape index (κ3) is 6.45. The molecule has 0 saturated carbocycles. The summed E-state index contributed by atoms with van der Waals surface area (Å²) in [6.07, 6.45) is 2.01. The number of ether oxygens (including phenoxy) is 1. The molecule has 1 fully saturated rings. The highest BCUT2D eigenvalue weighted by atomic mass is 16.5. The molecule has 5 nitrogen and oxygen atoms in total.